The lowest BCUT2D eigenvalue weighted by Crippen LogP contribution is -2.25. The van der Waals surface area contributed by atoms with Gasteiger partial charge in [0.05, 0.1) is 4.92 Å². The van der Waals surface area contributed by atoms with Gasteiger partial charge in [-0.2, -0.15) is 0 Å². The predicted octanol–water partition coefficient (Wildman–Crippen LogP) is 10.5. The van der Waals surface area contributed by atoms with Crippen molar-refractivity contribution in [3.05, 3.63) is 105 Å². The summed E-state index contributed by atoms with van der Waals surface area (Å²) in [5, 5.41) is 15.0. The van der Waals surface area contributed by atoms with Crippen molar-refractivity contribution >= 4 is 11.4 Å². The predicted molar refractivity (Wildman–Crippen MR) is 170 cm³/mol. The Morgan fingerprint density at radius 2 is 1.46 bits per heavy atom. The average Bonchev–Trinajstić information content (AvgIpc) is 3.02. The average molecular weight is 553 g/mol. The number of non-ortho nitro benzene ring substituents is 1. The van der Waals surface area contributed by atoms with Gasteiger partial charge in [-0.05, 0) is 96.9 Å². The van der Waals surface area contributed by atoms with E-state index in [-0.39, 0.29) is 10.6 Å². The van der Waals surface area contributed by atoms with Crippen molar-refractivity contribution in [1.29, 1.82) is 0 Å². The van der Waals surface area contributed by atoms with Crippen molar-refractivity contribution < 1.29 is 4.92 Å². The molecule has 1 N–H and O–H groups in total. The Kier molecular flexibility index (Phi) is 10.5. The van der Waals surface area contributed by atoms with E-state index in [1.54, 1.807) is 12.1 Å². The van der Waals surface area contributed by atoms with Gasteiger partial charge in [0.1, 0.15) is 0 Å². The van der Waals surface area contributed by atoms with E-state index in [1.165, 1.54) is 93.7 Å². The highest BCUT2D eigenvalue weighted by atomic mass is 16.6. The van der Waals surface area contributed by atoms with Crippen LogP contribution in [-0.4, -0.2) is 4.92 Å². The summed E-state index contributed by atoms with van der Waals surface area (Å²) >= 11 is 0. The summed E-state index contributed by atoms with van der Waals surface area (Å²) in [6, 6.07) is 24.5. The Balaban J connectivity index is 1.14. The minimum absolute atomic E-state index is 0.142. The molecule has 218 valence electrons. The maximum atomic E-state index is 11.5. The molecule has 0 aromatic heterocycles. The van der Waals surface area contributed by atoms with Crippen LogP contribution in [-0.2, 0) is 13.0 Å². The van der Waals surface area contributed by atoms with E-state index in [4.69, 9.17) is 0 Å². The van der Waals surface area contributed by atoms with Crippen LogP contribution in [0, 0.1) is 27.9 Å². The molecule has 2 fully saturated rings. The van der Waals surface area contributed by atoms with Gasteiger partial charge in [0, 0.05) is 24.4 Å². The van der Waals surface area contributed by atoms with Gasteiger partial charge in [-0.25, -0.2) is 0 Å². The lowest BCUT2D eigenvalue weighted by molar-refractivity contribution is -0.384. The molecule has 2 aliphatic rings. The maximum Gasteiger partial charge on any atom is 0.269 e. The maximum absolute atomic E-state index is 11.5. The third-order valence-corrected chi connectivity index (χ3v) is 10.0. The molecule has 0 atom stereocenters. The second-order valence-electron chi connectivity index (χ2n) is 12.7. The highest BCUT2D eigenvalue weighted by Gasteiger charge is 2.31. The first kappa shape index (κ1) is 29.4. The molecule has 41 heavy (non-hydrogen) atoms. The van der Waals surface area contributed by atoms with Crippen LogP contribution >= 0.6 is 0 Å². The van der Waals surface area contributed by atoms with Crippen molar-refractivity contribution in [3.63, 3.8) is 0 Å². The van der Waals surface area contributed by atoms with Crippen LogP contribution in [0.3, 0.4) is 0 Å². The van der Waals surface area contributed by atoms with Crippen LogP contribution in [0.1, 0.15) is 112 Å². The normalized spacial score (nSPS) is 22.8. The number of nitro benzene ring substituents is 1. The van der Waals surface area contributed by atoms with Gasteiger partial charge in [0.2, 0.25) is 0 Å². The van der Waals surface area contributed by atoms with Gasteiger partial charge in [-0.15, -0.1) is 0 Å². The molecular weight excluding hydrogens is 504 g/mol. The molecule has 3 aromatic carbocycles. The fourth-order valence-electron chi connectivity index (χ4n) is 7.49. The summed E-state index contributed by atoms with van der Waals surface area (Å²) in [6.45, 7) is 3.00. The molecule has 2 saturated carbocycles. The number of hydrogen-bond donors (Lipinski definition) is 1. The Morgan fingerprint density at radius 1 is 0.780 bits per heavy atom. The molecule has 0 aliphatic heterocycles. The number of benzene rings is 3. The zero-order chi connectivity index (χ0) is 28.4. The first-order valence-electron chi connectivity index (χ1n) is 16.2. The molecule has 0 spiro atoms. The molecule has 2 aliphatic carbocycles. The van der Waals surface area contributed by atoms with Crippen LogP contribution in [0.25, 0.3) is 0 Å². The van der Waals surface area contributed by atoms with E-state index in [0.29, 0.717) is 18.9 Å². The smallest absolute Gasteiger partial charge is 0.269 e. The third-order valence-electron chi connectivity index (χ3n) is 10.0. The molecule has 4 nitrogen and oxygen atoms in total. The zero-order valence-electron chi connectivity index (χ0n) is 24.9. The van der Waals surface area contributed by atoms with Crippen molar-refractivity contribution in [1.82, 2.24) is 0 Å². The number of nitrogens with zero attached hydrogens (tertiary/aromatic N) is 1. The standard InChI is InChI=1S/C37H48N2O2/c1-2-3-5-8-28-11-15-31(16-12-28)33-19-21-34(22-20-33)32-17-13-29(14-18-32)25-35-26-36(39(40)41)23-24-37(35)38-27-30-9-6-4-7-10-30/h4,6-7,9-10,13-14,17-18,23-24,26,28,31,33-34,38H,2-3,5,8,11-12,15-16,19-22,25,27H2,1H3. The second-order valence-corrected chi connectivity index (χ2v) is 12.7. The first-order chi connectivity index (χ1) is 20.1. The molecule has 0 radical (unpaired) electrons. The number of nitrogens with one attached hydrogen (secondary N) is 1. The van der Waals surface area contributed by atoms with Gasteiger partial charge in [-0.1, -0.05) is 100 Å². The highest BCUT2D eigenvalue weighted by Crippen LogP contribution is 2.44. The summed E-state index contributed by atoms with van der Waals surface area (Å²) < 4.78 is 0. The lowest BCUT2D eigenvalue weighted by Gasteiger charge is -2.38. The fraction of sp³-hybridized carbons (Fsp3) is 0.514. The molecule has 0 bridgehead atoms. The van der Waals surface area contributed by atoms with Crippen molar-refractivity contribution in [2.45, 2.75) is 103 Å². The SMILES string of the molecule is CCCCCC1CCC(C2CCC(c3ccc(Cc4cc([N+](=O)[O-])ccc4NCc4ccccc4)cc3)CC2)CC1. The monoisotopic (exact) mass is 552 g/mol. The van der Waals surface area contributed by atoms with Crippen LogP contribution < -0.4 is 5.32 Å². The summed E-state index contributed by atoms with van der Waals surface area (Å²) in [5.74, 6) is 3.59. The molecule has 0 unspecified atom stereocenters. The number of rotatable bonds is 12. The topological polar surface area (TPSA) is 55.2 Å². The van der Waals surface area contributed by atoms with Crippen LogP contribution in [0.2, 0.25) is 0 Å². The Bertz CT molecular complexity index is 1220. The fourth-order valence-corrected chi connectivity index (χ4v) is 7.49. The van der Waals surface area contributed by atoms with Gasteiger partial charge < -0.3 is 5.32 Å². The third kappa shape index (κ3) is 8.21. The largest absolute Gasteiger partial charge is 0.381 e. The van der Waals surface area contributed by atoms with Gasteiger partial charge >= 0.3 is 0 Å². The van der Waals surface area contributed by atoms with Crippen molar-refractivity contribution in [3.8, 4) is 0 Å². The van der Waals surface area contributed by atoms with E-state index in [2.05, 4.69) is 48.6 Å². The number of anilines is 1. The van der Waals surface area contributed by atoms with Crippen LogP contribution in [0.4, 0.5) is 11.4 Å². The van der Waals surface area contributed by atoms with Gasteiger partial charge in [0.15, 0.2) is 0 Å². The van der Waals surface area contributed by atoms with E-state index in [1.807, 2.05) is 24.3 Å². The van der Waals surface area contributed by atoms with Gasteiger partial charge in [0.25, 0.3) is 5.69 Å². The molecule has 4 heteroatoms. The number of unbranched alkanes of at least 4 members (excludes halogenated alkanes) is 2. The Hall–Kier alpha value is -3.14. The van der Waals surface area contributed by atoms with E-state index in [0.717, 1.165) is 29.0 Å². The molecule has 5 rings (SSSR count). The van der Waals surface area contributed by atoms with Crippen molar-refractivity contribution in [2.75, 3.05) is 5.32 Å². The van der Waals surface area contributed by atoms with E-state index >= 15 is 0 Å². The highest BCUT2D eigenvalue weighted by molar-refractivity contribution is 5.57. The number of hydrogen-bond acceptors (Lipinski definition) is 3. The minimum atomic E-state index is -0.302. The lowest BCUT2D eigenvalue weighted by atomic mass is 9.68. The van der Waals surface area contributed by atoms with E-state index < -0.39 is 0 Å². The first-order valence-corrected chi connectivity index (χ1v) is 16.2. The second kappa shape index (κ2) is 14.7. The molecule has 0 saturated heterocycles. The van der Waals surface area contributed by atoms with Crippen molar-refractivity contribution in [2.24, 2.45) is 17.8 Å². The molecule has 0 amide bonds. The summed E-state index contributed by atoms with van der Waals surface area (Å²) in [4.78, 5) is 11.2. The summed E-state index contributed by atoms with van der Waals surface area (Å²) in [6.07, 6.45) is 17.6. The number of nitro groups is 1. The zero-order valence-corrected chi connectivity index (χ0v) is 24.9. The minimum Gasteiger partial charge on any atom is -0.381 e. The Labute approximate surface area is 247 Å². The Morgan fingerprint density at radius 3 is 2.12 bits per heavy atom. The summed E-state index contributed by atoms with van der Waals surface area (Å²) in [5.41, 5.74) is 5.91. The van der Waals surface area contributed by atoms with Crippen LogP contribution in [0.15, 0.2) is 72.8 Å². The van der Waals surface area contributed by atoms with Gasteiger partial charge in [-0.3, -0.25) is 10.1 Å². The van der Waals surface area contributed by atoms with Crippen LogP contribution in [0.5, 0.6) is 0 Å². The molecule has 3 aromatic rings. The molecule has 0 heterocycles. The quantitative estimate of drug-likeness (QED) is 0.138. The molecular formula is C37H48N2O2. The summed E-state index contributed by atoms with van der Waals surface area (Å²) in [7, 11) is 0. The van der Waals surface area contributed by atoms with E-state index in [9.17, 15) is 10.1 Å².